The molecule has 2 fully saturated rings. The van der Waals surface area contributed by atoms with Crippen molar-refractivity contribution in [2.75, 3.05) is 13.1 Å². The van der Waals surface area contributed by atoms with Gasteiger partial charge in [0.05, 0.1) is 17.0 Å². The molecule has 1 saturated carbocycles. The lowest BCUT2D eigenvalue weighted by Crippen LogP contribution is -2.44. The highest BCUT2D eigenvalue weighted by atomic mass is 16.2. The fourth-order valence-corrected chi connectivity index (χ4v) is 4.15. The van der Waals surface area contributed by atoms with Crippen LogP contribution in [0.4, 0.5) is 0 Å². The molecule has 2 amide bonds. The molecule has 0 radical (unpaired) electrons. The molecule has 138 valence electrons. The van der Waals surface area contributed by atoms with E-state index in [1.807, 2.05) is 18.2 Å². The first kappa shape index (κ1) is 17.1. The van der Waals surface area contributed by atoms with Gasteiger partial charge in [-0.15, -0.1) is 0 Å². The molecule has 0 bridgehead atoms. The average molecular weight is 354 g/mol. The van der Waals surface area contributed by atoms with Crippen LogP contribution in [0.1, 0.15) is 50.3 Å². The molecule has 2 heterocycles. The van der Waals surface area contributed by atoms with Crippen LogP contribution in [-0.2, 0) is 9.59 Å². The number of imidazole rings is 1. The van der Waals surface area contributed by atoms with Gasteiger partial charge in [-0.3, -0.25) is 9.59 Å². The second-order valence-electron chi connectivity index (χ2n) is 7.64. The summed E-state index contributed by atoms with van der Waals surface area (Å²) in [5, 5.41) is 5.88. The molecule has 2 aromatic rings. The van der Waals surface area contributed by atoms with E-state index in [0.717, 1.165) is 49.1 Å². The number of para-hydroxylation sites is 2. The molecule has 1 atom stereocenters. The molecule has 26 heavy (non-hydrogen) atoms. The Kier molecular flexibility index (Phi) is 4.91. The zero-order chi connectivity index (χ0) is 17.9. The van der Waals surface area contributed by atoms with Crippen LogP contribution < -0.4 is 10.6 Å². The molecule has 6 nitrogen and oxygen atoms in total. The van der Waals surface area contributed by atoms with Crippen molar-refractivity contribution in [1.82, 2.24) is 20.6 Å². The lowest BCUT2D eigenvalue weighted by atomic mass is 9.81. The summed E-state index contributed by atoms with van der Waals surface area (Å²) in [6.45, 7) is 1.22. The third-order valence-electron chi connectivity index (χ3n) is 5.84. The van der Waals surface area contributed by atoms with Gasteiger partial charge in [0.15, 0.2) is 0 Å². The number of hydrogen-bond donors (Lipinski definition) is 3. The fourth-order valence-electron chi connectivity index (χ4n) is 4.15. The number of benzene rings is 1. The molecule has 1 aromatic carbocycles. The molecular formula is C20H26N4O2. The number of fused-ring (bicyclic) bond motifs is 1. The van der Waals surface area contributed by atoms with Crippen LogP contribution in [0.25, 0.3) is 11.0 Å². The van der Waals surface area contributed by atoms with E-state index in [1.54, 1.807) is 0 Å². The maximum absolute atomic E-state index is 12.3. The second-order valence-corrected chi connectivity index (χ2v) is 7.64. The molecule has 0 unspecified atom stereocenters. The molecule has 1 aromatic heterocycles. The smallest absolute Gasteiger partial charge is 0.224 e. The van der Waals surface area contributed by atoms with Gasteiger partial charge in [0, 0.05) is 25.4 Å². The molecule has 1 saturated heterocycles. The predicted octanol–water partition coefficient (Wildman–Crippen LogP) is 2.48. The van der Waals surface area contributed by atoms with E-state index < -0.39 is 0 Å². The number of hydrogen-bond acceptors (Lipinski definition) is 3. The van der Waals surface area contributed by atoms with Gasteiger partial charge in [0.25, 0.3) is 0 Å². The van der Waals surface area contributed by atoms with Crippen molar-refractivity contribution in [3.05, 3.63) is 30.1 Å². The number of nitrogens with zero attached hydrogens (tertiary/aromatic N) is 1. The summed E-state index contributed by atoms with van der Waals surface area (Å²) >= 11 is 0. The van der Waals surface area contributed by atoms with Crippen molar-refractivity contribution >= 4 is 22.8 Å². The van der Waals surface area contributed by atoms with Gasteiger partial charge >= 0.3 is 0 Å². The maximum atomic E-state index is 12.3. The van der Waals surface area contributed by atoms with E-state index in [9.17, 15) is 9.59 Å². The Morgan fingerprint density at radius 2 is 1.96 bits per heavy atom. The van der Waals surface area contributed by atoms with Gasteiger partial charge in [-0.05, 0) is 50.2 Å². The molecule has 6 heteroatoms. The number of carbonyl (C=O) groups is 2. The van der Waals surface area contributed by atoms with Crippen molar-refractivity contribution in [1.29, 1.82) is 0 Å². The van der Waals surface area contributed by atoms with Gasteiger partial charge in [0.1, 0.15) is 5.82 Å². The Hall–Kier alpha value is -2.37. The van der Waals surface area contributed by atoms with Crippen molar-refractivity contribution in [2.24, 2.45) is 11.8 Å². The minimum Gasteiger partial charge on any atom is -0.356 e. The third-order valence-corrected chi connectivity index (χ3v) is 5.84. The summed E-state index contributed by atoms with van der Waals surface area (Å²) in [7, 11) is 0. The standard InChI is InChI=1S/C20H26N4O2/c25-18-10-9-15(12-21-18)20(26)22-11-13-5-7-14(8-6-13)19-23-16-3-1-2-4-17(16)24-19/h1-4,13-15H,5-12H2,(H,21,25)(H,22,26)(H,23,24)/t13?,14?,15-/m0/s1. The number of piperidine rings is 1. The van der Waals surface area contributed by atoms with E-state index in [1.165, 1.54) is 0 Å². The number of aromatic amines is 1. The minimum absolute atomic E-state index is 0.0537. The SMILES string of the molecule is O=C1CC[C@H](C(=O)NCC2CCC(c3nc4ccccc4[nH]3)CC2)CN1. The van der Waals surface area contributed by atoms with E-state index >= 15 is 0 Å². The monoisotopic (exact) mass is 354 g/mol. The molecular weight excluding hydrogens is 328 g/mol. The van der Waals surface area contributed by atoms with Gasteiger partial charge in [-0.2, -0.15) is 0 Å². The number of aromatic nitrogens is 2. The Labute approximate surface area is 153 Å². The number of H-pyrrole nitrogens is 1. The number of nitrogens with one attached hydrogen (secondary N) is 3. The van der Waals surface area contributed by atoms with E-state index in [-0.39, 0.29) is 17.7 Å². The van der Waals surface area contributed by atoms with Crippen LogP contribution in [0.3, 0.4) is 0 Å². The van der Waals surface area contributed by atoms with Crippen molar-refractivity contribution < 1.29 is 9.59 Å². The van der Waals surface area contributed by atoms with Gasteiger partial charge in [-0.25, -0.2) is 4.98 Å². The summed E-state index contributed by atoms with van der Waals surface area (Å²) < 4.78 is 0. The number of carbonyl (C=O) groups excluding carboxylic acids is 2. The summed E-state index contributed by atoms with van der Waals surface area (Å²) in [4.78, 5) is 31.7. The molecule has 0 spiro atoms. The summed E-state index contributed by atoms with van der Waals surface area (Å²) in [6.07, 6.45) is 5.57. The van der Waals surface area contributed by atoms with Gasteiger partial charge in [-0.1, -0.05) is 12.1 Å². The summed E-state index contributed by atoms with van der Waals surface area (Å²) in [5.41, 5.74) is 2.15. The van der Waals surface area contributed by atoms with Gasteiger partial charge < -0.3 is 15.6 Å². The Balaban J connectivity index is 1.24. The van der Waals surface area contributed by atoms with E-state index in [4.69, 9.17) is 4.98 Å². The molecule has 1 aliphatic carbocycles. The average Bonchev–Trinajstić information content (AvgIpc) is 3.11. The normalized spacial score (nSPS) is 26.5. The number of amides is 2. The van der Waals surface area contributed by atoms with Gasteiger partial charge in [0.2, 0.25) is 11.8 Å². The highest BCUT2D eigenvalue weighted by Crippen LogP contribution is 2.35. The predicted molar refractivity (Wildman–Crippen MR) is 99.5 cm³/mol. The van der Waals surface area contributed by atoms with Crippen LogP contribution in [-0.4, -0.2) is 34.9 Å². The van der Waals surface area contributed by atoms with Crippen LogP contribution in [0, 0.1) is 11.8 Å². The highest BCUT2D eigenvalue weighted by Gasteiger charge is 2.27. The highest BCUT2D eigenvalue weighted by molar-refractivity contribution is 5.83. The maximum Gasteiger partial charge on any atom is 0.224 e. The molecule has 4 rings (SSSR count). The quantitative estimate of drug-likeness (QED) is 0.788. The van der Waals surface area contributed by atoms with Crippen LogP contribution in [0.2, 0.25) is 0 Å². The van der Waals surface area contributed by atoms with E-state index in [0.29, 0.717) is 31.2 Å². The van der Waals surface area contributed by atoms with Crippen LogP contribution >= 0.6 is 0 Å². The first-order valence-corrected chi connectivity index (χ1v) is 9.68. The summed E-state index contributed by atoms with van der Waals surface area (Å²) in [6, 6.07) is 8.16. The zero-order valence-corrected chi connectivity index (χ0v) is 15.0. The lowest BCUT2D eigenvalue weighted by Gasteiger charge is -2.28. The Morgan fingerprint density at radius 1 is 1.15 bits per heavy atom. The minimum atomic E-state index is -0.0698. The summed E-state index contributed by atoms with van der Waals surface area (Å²) in [5.74, 6) is 2.20. The van der Waals surface area contributed by atoms with Crippen molar-refractivity contribution in [2.45, 2.75) is 44.4 Å². The largest absolute Gasteiger partial charge is 0.356 e. The zero-order valence-electron chi connectivity index (χ0n) is 15.0. The Morgan fingerprint density at radius 3 is 2.69 bits per heavy atom. The topological polar surface area (TPSA) is 86.9 Å². The third kappa shape index (κ3) is 3.74. The Bertz CT molecular complexity index is 749. The lowest BCUT2D eigenvalue weighted by molar-refractivity contribution is -0.129. The molecule has 3 N–H and O–H groups in total. The second kappa shape index (κ2) is 7.48. The molecule has 2 aliphatic rings. The number of rotatable bonds is 4. The van der Waals surface area contributed by atoms with Crippen molar-refractivity contribution in [3.63, 3.8) is 0 Å². The first-order valence-electron chi connectivity index (χ1n) is 9.68. The fraction of sp³-hybridized carbons (Fsp3) is 0.550. The van der Waals surface area contributed by atoms with Crippen molar-refractivity contribution in [3.8, 4) is 0 Å². The first-order chi connectivity index (χ1) is 12.7. The van der Waals surface area contributed by atoms with Crippen LogP contribution in [0.15, 0.2) is 24.3 Å². The van der Waals surface area contributed by atoms with Crippen LogP contribution in [0.5, 0.6) is 0 Å². The molecule has 1 aliphatic heterocycles. The van der Waals surface area contributed by atoms with E-state index in [2.05, 4.69) is 21.7 Å².